The van der Waals surface area contributed by atoms with Crippen LogP contribution in [0.25, 0.3) is 10.4 Å². The van der Waals surface area contributed by atoms with Crippen molar-refractivity contribution in [2.24, 2.45) is 5.11 Å². The summed E-state index contributed by atoms with van der Waals surface area (Å²) in [5, 5.41) is 12.3. The summed E-state index contributed by atoms with van der Waals surface area (Å²) < 4.78 is 5.36. The fraction of sp³-hybridized carbons (Fsp3) is 0.400. The van der Waals surface area contributed by atoms with Crippen molar-refractivity contribution in [3.05, 3.63) is 46.3 Å². The molecule has 15 heavy (non-hydrogen) atoms. The van der Waals surface area contributed by atoms with E-state index in [1.807, 2.05) is 30.3 Å². The molecular formula is C10H13N3O2. The van der Waals surface area contributed by atoms with Crippen LogP contribution in [0.1, 0.15) is 5.56 Å². The first-order chi connectivity index (χ1) is 7.36. The van der Waals surface area contributed by atoms with Crippen molar-refractivity contribution in [2.45, 2.75) is 12.7 Å². The molecule has 0 aliphatic heterocycles. The van der Waals surface area contributed by atoms with E-state index in [4.69, 9.17) is 15.4 Å². The van der Waals surface area contributed by atoms with Gasteiger partial charge in [-0.3, -0.25) is 0 Å². The van der Waals surface area contributed by atoms with Crippen LogP contribution >= 0.6 is 0 Å². The molecule has 0 saturated heterocycles. The maximum atomic E-state index is 8.92. The smallest absolute Gasteiger partial charge is 0.0866 e. The Morgan fingerprint density at radius 1 is 1.40 bits per heavy atom. The minimum Gasteiger partial charge on any atom is -0.394 e. The van der Waals surface area contributed by atoms with Crippen LogP contribution in [0.15, 0.2) is 35.4 Å². The lowest BCUT2D eigenvalue weighted by atomic mass is 10.2. The van der Waals surface area contributed by atoms with Gasteiger partial charge in [0.15, 0.2) is 0 Å². The molecule has 1 rings (SSSR count). The number of azide groups is 1. The van der Waals surface area contributed by atoms with Gasteiger partial charge in [0.2, 0.25) is 0 Å². The average Bonchev–Trinajstić information content (AvgIpc) is 2.31. The minimum absolute atomic E-state index is 0.147. The van der Waals surface area contributed by atoms with Gasteiger partial charge in [-0.05, 0) is 11.1 Å². The zero-order valence-corrected chi connectivity index (χ0v) is 8.28. The fourth-order valence-electron chi connectivity index (χ4n) is 1.08. The van der Waals surface area contributed by atoms with Gasteiger partial charge in [-0.15, -0.1) is 0 Å². The maximum absolute atomic E-state index is 8.92. The molecule has 0 heterocycles. The van der Waals surface area contributed by atoms with Gasteiger partial charge in [0.1, 0.15) is 0 Å². The van der Waals surface area contributed by atoms with Crippen LogP contribution in [0.5, 0.6) is 0 Å². The van der Waals surface area contributed by atoms with Crippen LogP contribution in [-0.4, -0.2) is 24.4 Å². The Bertz CT molecular complexity index is 323. The lowest BCUT2D eigenvalue weighted by Crippen LogP contribution is -2.20. The summed E-state index contributed by atoms with van der Waals surface area (Å²) in [5.74, 6) is 0. The Labute approximate surface area is 87.9 Å². The molecule has 0 radical (unpaired) electrons. The van der Waals surface area contributed by atoms with E-state index in [0.717, 1.165) is 5.56 Å². The number of aliphatic hydroxyl groups is 1. The van der Waals surface area contributed by atoms with Crippen molar-refractivity contribution in [1.82, 2.24) is 0 Å². The normalized spacial score (nSPS) is 11.8. The molecule has 5 heteroatoms. The molecule has 1 atom stereocenters. The molecule has 0 fully saturated rings. The Morgan fingerprint density at radius 3 is 2.73 bits per heavy atom. The highest BCUT2D eigenvalue weighted by Gasteiger charge is 2.05. The van der Waals surface area contributed by atoms with Crippen LogP contribution in [0, 0.1) is 0 Å². The third-order valence-electron chi connectivity index (χ3n) is 1.88. The van der Waals surface area contributed by atoms with Crippen LogP contribution in [0.2, 0.25) is 0 Å². The van der Waals surface area contributed by atoms with Gasteiger partial charge in [0.05, 0.1) is 25.9 Å². The second-order valence-electron chi connectivity index (χ2n) is 3.01. The van der Waals surface area contributed by atoms with Gasteiger partial charge < -0.3 is 9.84 Å². The highest BCUT2D eigenvalue weighted by Crippen LogP contribution is 2.03. The largest absolute Gasteiger partial charge is 0.394 e. The summed E-state index contributed by atoms with van der Waals surface area (Å²) in [6.07, 6.45) is -0.430. The molecular weight excluding hydrogens is 194 g/mol. The van der Waals surface area contributed by atoms with Gasteiger partial charge in [0, 0.05) is 4.91 Å². The Morgan fingerprint density at radius 2 is 2.13 bits per heavy atom. The topological polar surface area (TPSA) is 78.2 Å². The van der Waals surface area contributed by atoms with E-state index in [-0.39, 0.29) is 13.2 Å². The first-order valence-corrected chi connectivity index (χ1v) is 4.64. The van der Waals surface area contributed by atoms with Gasteiger partial charge in [-0.1, -0.05) is 35.4 Å². The fourth-order valence-corrected chi connectivity index (χ4v) is 1.08. The monoisotopic (exact) mass is 207 g/mol. The number of nitrogens with zero attached hydrogens (tertiary/aromatic N) is 3. The van der Waals surface area contributed by atoms with Crippen LogP contribution in [0.4, 0.5) is 0 Å². The third kappa shape index (κ3) is 4.46. The maximum Gasteiger partial charge on any atom is 0.0866 e. The van der Waals surface area contributed by atoms with Crippen LogP contribution in [-0.2, 0) is 11.3 Å². The molecule has 0 aliphatic carbocycles. The summed E-state index contributed by atoms with van der Waals surface area (Å²) in [5.41, 5.74) is 9.14. The molecule has 0 unspecified atom stereocenters. The first kappa shape index (κ1) is 11.5. The molecule has 80 valence electrons. The highest BCUT2D eigenvalue weighted by molar-refractivity contribution is 5.13. The van der Waals surface area contributed by atoms with Gasteiger partial charge >= 0.3 is 0 Å². The summed E-state index contributed by atoms with van der Waals surface area (Å²) >= 11 is 0. The molecule has 0 aromatic heterocycles. The number of benzene rings is 1. The van der Waals surface area contributed by atoms with E-state index in [1.54, 1.807) is 0 Å². The third-order valence-corrected chi connectivity index (χ3v) is 1.88. The quantitative estimate of drug-likeness (QED) is 0.439. The highest BCUT2D eigenvalue weighted by atomic mass is 16.5. The minimum atomic E-state index is -0.430. The molecule has 1 N–H and O–H groups in total. The average molecular weight is 207 g/mol. The van der Waals surface area contributed by atoms with Crippen molar-refractivity contribution in [1.29, 1.82) is 0 Å². The molecule has 1 aromatic rings. The number of aliphatic hydroxyl groups excluding tert-OH is 1. The molecule has 0 bridgehead atoms. The number of rotatable bonds is 6. The van der Waals surface area contributed by atoms with Gasteiger partial charge in [-0.2, -0.15) is 0 Å². The molecule has 5 nitrogen and oxygen atoms in total. The van der Waals surface area contributed by atoms with E-state index >= 15 is 0 Å². The zero-order chi connectivity index (χ0) is 10.9. The molecule has 0 aliphatic rings. The summed E-state index contributed by atoms with van der Waals surface area (Å²) in [4.78, 5) is 2.61. The second-order valence-corrected chi connectivity index (χ2v) is 3.01. The zero-order valence-electron chi connectivity index (χ0n) is 8.28. The molecule has 1 aromatic carbocycles. The first-order valence-electron chi connectivity index (χ1n) is 4.64. The van der Waals surface area contributed by atoms with E-state index in [1.165, 1.54) is 0 Å². The SMILES string of the molecule is [N-]=[N+]=NC[C@@H](CO)OCc1ccccc1. The predicted octanol–water partition coefficient (Wildman–Crippen LogP) is 1.87. The van der Waals surface area contributed by atoms with E-state index in [9.17, 15) is 0 Å². The van der Waals surface area contributed by atoms with Gasteiger partial charge in [0.25, 0.3) is 0 Å². The predicted molar refractivity (Wildman–Crippen MR) is 56.1 cm³/mol. The van der Waals surface area contributed by atoms with Crippen molar-refractivity contribution >= 4 is 0 Å². The van der Waals surface area contributed by atoms with Crippen molar-refractivity contribution in [3.63, 3.8) is 0 Å². The summed E-state index contributed by atoms with van der Waals surface area (Å²) in [7, 11) is 0. The molecule has 0 saturated carbocycles. The number of ether oxygens (including phenoxy) is 1. The van der Waals surface area contributed by atoms with Gasteiger partial charge in [-0.25, -0.2) is 0 Å². The van der Waals surface area contributed by atoms with Crippen LogP contribution in [0.3, 0.4) is 0 Å². The summed E-state index contributed by atoms with van der Waals surface area (Å²) in [6.45, 7) is 0.415. The Hall–Kier alpha value is -1.55. The molecule has 0 amide bonds. The van der Waals surface area contributed by atoms with Crippen molar-refractivity contribution in [2.75, 3.05) is 13.2 Å². The number of hydrogen-bond acceptors (Lipinski definition) is 3. The second kappa shape index (κ2) is 6.84. The van der Waals surface area contributed by atoms with E-state index in [2.05, 4.69) is 10.0 Å². The van der Waals surface area contributed by atoms with Crippen molar-refractivity contribution < 1.29 is 9.84 Å². The van der Waals surface area contributed by atoms with Crippen molar-refractivity contribution in [3.8, 4) is 0 Å². The molecule has 0 spiro atoms. The van der Waals surface area contributed by atoms with Crippen LogP contribution < -0.4 is 0 Å². The number of hydrogen-bond donors (Lipinski definition) is 1. The van der Waals surface area contributed by atoms with E-state index < -0.39 is 6.10 Å². The van der Waals surface area contributed by atoms with E-state index in [0.29, 0.717) is 6.61 Å². The Balaban J connectivity index is 2.37. The lowest BCUT2D eigenvalue weighted by Gasteiger charge is -2.12. The standard InChI is InChI=1S/C10H13N3O2/c11-13-12-6-10(7-14)15-8-9-4-2-1-3-5-9/h1-5,10,14H,6-8H2/t10-/m0/s1. The lowest BCUT2D eigenvalue weighted by molar-refractivity contribution is 0.00853. The Kier molecular flexibility index (Phi) is 5.25. The summed E-state index contributed by atoms with van der Waals surface area (Å²) in [6, 6.07) is 9.62.